The second-order valence-electron chi connectivity index (χ2n) is 6.07. The Labute approximate surface area is 153 Å². The van der Waals surface area contributed by atoms with Gasteiger partial charge in [-0.1, -0.05) is 0 Å². The number of fused-ring (bicyclic) bond motifs is 2. The maximum Gasteiger partial charge on any atom is 0.336 e. The molecule has 4 aromatic rings. The summed E-state index contributed by atoms with van der Waals surface area (Å²) in [7, 11) is 1.56. The smallest absolute Gasteiger partial charge is 0.336 e. The fourth-order valence-electron chi connectivity index (χ4n) is 3.16. The van der Waals surface area contributed by atoms with Crippen LogP contribution in [0.2, 0.25) is 0 Å². The van der Waals surface area contributed by atoms with Gasteiger partial charge in [0.15, 0.2) is 11.5 Å². The van der Waals surface area contributed by atoms with Gasteiger partial charge >= 0.3 is 5.63 Å². The lowest BCUT2D eigenvalue weighted by Crippen LogP contribution is -1.98. The van der Waals surface area contributed by atoms with Gasteiger partial charge in [0.1, 0.15) is 22.9 Å². The first-order chi connectivity index (χ1) is 13.2. The van der Waals surface area contributed by atoms with Gasteiger partial charge in [0.2, 0.25) is 6.79 Å². The lowest BCUT2D eigenvalue weighted by molar-refractivity contribution is 0.174. The van der Waals surface area contributed by atoms with E-state index in [1.54, 1.807) is 13.2 Å². The molecule has 3 heterocycles. The van der Waals surface area contributed by atoms with Crippen LogP contribution in [0.4, 0.5) is 0 Å². The molecule has 1 aliphatic rings. The molecule has 0 unspecified atom stereocenters. The first-order valence-corrected chi connectivity index (χ1v) is 8.33. The standard InChI is InChI=1S/C21H14O6/c1-23-13-3-4-14-15(10-21(22)27-19(14)9-13)17-7-6-16(26-17)12-2-5-18-20(8-12)25-11-24-18/h2-10H,11H2,1H3. The Balaban J connectivity index is 1.61. The summed E-state index contributed by atoms with van der Waals surface area (Å²) in [6.45, 7) is 0.220. The molecule has 0 spiro atoms. The average molecular weight is 362 g/mol. The van der Waals surface area contributed by atoms with Crippen LogP contribution in [0.3, 0.4) is 0 Å². The van der Waals surface area contributed by atoms with E-state index >= 15 is 0 Å². The van der Waals surface area contributed by atoms with E-state index in [2.05, 4.69) is 0 Å². The van der Waals surface area contributed by atoms with Gasteiger partial charge in [0.25, 0.3) is 0 Å². The summed E-state index contributed by atoms with van der Waals surface area (Å²) in [6, 6.07) is 16.1. The minimum atomic E-state index is -0.452. The largest absolute Gasteiger partial charge is 0.497 e. The number of hydrogen-bond donors (Lipinski definition) is 0. The molecule has 0 saturated heterocycles. The zero-order valence-electron chi connectivity index (χ0n) is 14.4. The normalized spacial score (nSPS) is 12.5. The highest BCUT2D eigenvalue weighted by Gasteiger charge is 2.17. The predicted octanol–water partition coefficient (Wildman–Crippen LogP) is 4.46. The summed E-state index contributed by atoms with van der Waals surface area (Å²) in [5, 5.41) is 0.766. The first kappa shape index (κ1) is 15.6. The third-order valence-electron chi connectivity index (χ3n) is 4.48. The van der Waals surface area contributed by atoms with Crippen LogP contribution in [0, 0.1) is 0 Å². The van der Waals surface area contributed by atoms with Crippen molar-refractivity contribution >= 4 is 11.0 Å². The second-order valence-corrected chi connectivity index (χ2v) is 6.07. The van der Waals surface area contributed by atoms with Crippen molar-refractivity contribution in [3.63, 3.8) is 0 Å². The lowest BCUT2D eigenvalue weighted by Gasteiger charge is -2.05. The van der Waals surface area contributed by atoms with Crippen molar-refractivity contribution in [2.75, 3.05) is 13.9 Å². The fraction of sp³-hybridized carbons (Fsp3) is 0.0952. The molecule has 0 N–H and O–H groups in total. The summed E-state index contributed by atoms with van der Waals surface area (Å²) in [5.41, 5.74) is 1.51. The van der Waals surface area contributed by atoms with Crippen molar-refractivity contribution in [2.45, 2.75) is 0 Å². The predicted molar refractivity (Wildman–Crippen MR) is 98.3 cm³/mol. The molecule has 5 rings (SSSR count). The molecule has 0 bridgehead atoms. The Hall–Kier alpha value is -3.67. The molecular weight excluding hydrogens is 348 g/mol. The quantitative estimate of drug-likeness (QED) is 0.501. The molecule has 0 saturated carbocycles. The summed E-state index contributed by atoms with van der Waals surface area (Å²) in [5.74, 6) is 3.25. The van der Waals surface area contributed by atoms with Crippen molar-refractivity contribution in [3.05, 3.63) is 65.0 Å². The summed E-state index contributed by atoms with van der Waals surface area (Å²) >= 11 is 0. The first-order valence-electron chi connectivity index (χ1n) is 8.33. The molecule has 27 heavy (non-hydrogen) atoms. The van der Waals surface area contributed by atoms with Crippen LogP contribution in [-0.4, -0.2) is 13.9 Å². The molecule has 0 radical (unpaired) electrons. The summed E-state index contributed by atoms with van der Waals surface area (Å²) in [4.78, 5) is 12.0. The molecule has 0 fully saturated rings. The molecule has 0 aliphatic carbocycles. The Morgan fingerprint density at radius 3 is 2.59 bits per heavy atom. The Bertz CT molecular complexity index is 1220. The van der Waals surface area contributed by atoms with Gasteiger partial charge in [0.05, 0.1) is 7.11 Å². The minimum absolute atomic E-state index is 0.220. The zero-order chi connectivity index (χ0) is 18.4. The molecule has 1 aliphatic heterocycles. The third kappa shape index (κ3) is 2.62. The molecule has 6 nitrogen and oxygen atoms in total. The number of furan rings is 1. The van der Waals surface area contributed by atoms with E-state index in [0.717, 1.165) is 10.9 Å². The van der Waals surface area contributed by atoms with E-state index in [4.69, 9.17) is 23.0 Å². The molecule has 6 heteroatoms. The van der Waals surface area contributed by atoms with Crippen LogP contribution in [0.5, 0.6) is 17.2 Å². The molecule has 2 aromatic carbocycles. The highest BCUT2D eigenvalue weighted by molar-refractivity contribution is 5.92. The van der Waals surface area contributed by atoms with E-state index in [0.29, 0.717) is 39.9 Å². The lowest BCUT2D eigenvalue weighted by atomic mass is 10.1. The highest BCUT2D eigenvalue weighted by Crippen LogP contribution is 2.38. The number of benzene rings is 2. The number of hydrogen-bond acceptors (Lipinski definition) is 6. The Morgan fingerprint density at radius 1 is 0.852 bits per heavy atom. The SMILES string of the molecule is COc1ccc2c(-c3ccc(-c4ccc5c(c4)OCO5)o3)cc(=O)oc2c1. The van der Waals surface area contributed by atoms with Gasteiger partial charge in [-0.2, -0.15) is 0 Å². The number of methoxy groups -OCH3 is 1. The van der Waals surface area contributed by atoms with Crippen LogP contribution in [-0.2, 0) is 0 Å². The van der Waals surface area contributed by atoms with Crippen molar-refractivity contribution in [1.29, 1.82) is 0 Å². The molecule has 0 atom stereocenters. The van der Waals surface area contributed by atoms with Crippen LogP contribution >= 0.6 is 0 Å². The van der Waals surface area contributed by atoms with E-state index in [9.17, 15) is 4.79 Å². The topological polar surface area (TPSA) is 71.0 Å². The van der Waals surface area contributed by atoms with E-state index in [1.165, 1.54) is 6.07 Å². The van der Waals surface area contributed by atoms with Gasteiger partial charge in [-0.15, -0.1) is 0 Å². The monoisotopic (exact) mass is 362 g/mol. The minimum Gasteiger partial charge on any atom is -0.497 e. The Morgan fingerprint density at radius 2 is 1.70 bits per heavy atom. The Kier molecular flexibility index (Phi) is 3.43. The highest BCUT2D eigenvalue weighted by atomic mass is 16.7. The third-order valence-corrected chi connectivity index (χ3v) is 4.48. The van der Waals surface area contributed by atoms with Crippen molar-refractivity contribution in [1.82, 2.24) is 0 Å². The molecule has 0 amide bonds. The van der Waals surface area contributed by atoms with Gasteiger partial charge < -0.3 is 23.0 Å². The van der Waals surface area contributed by atoms with Crippen molar-refractivity contribution in [2.24, 2.45) is 0 Å². The fourth-order valence-corrected chi connectivity index (χ4v) is 3.16. The average Bonchev–Trinajstić information content (AvgIpc) is 3.35. The van der Waals surface area contributed by atoms with Crippen LogP contribution < -0.4 is 19.8 Å². The zero-order valence-corrected chi connectivity index (χ0v) is 14.4. The van der Waals surface area contributed by atoms with Crippen molar-refractivity contribution < 1.29 is 23.0 Å². The molecular formula is C21H14O6. The van der Waals surface area contributed by atoms with Crippen LogP contribution in [0.25, 0.3) is 33.6 Å². The molecule has 2 aromatic heterocycles. The van der Waals surface area contributed by atoms with E-state index in [1.807, 2.05) is 42.5 Å². The van der Waals surface area contributed by atoms with Gasteiger partial charge in [-0.3, -0.25) is 0 Å². The van der Waals surface area contributed by atoms with Crippen molar-refractivity contribution in [3.8, 4) is 39.9 Å². The van der Waals surface area contributed by atoms with Crippen LogP contribution in [0.15, 0.2) is 68.2 Å². The molecule has 134 valence electrons. The maximum absolute atomic E-state index is 12.0. The van der Waals surface area contributed by atoms with Gasteiger partial charge in [0, 0.05) is 28.6 Å². The van der Waals surface area contributed by atoms with E-state index in [-0.39, 0.29) is 6.79 Å². The number of ether oxygens (including phenoxy) is 3. The number of rotatable bonds is 3. The van der Waals surface area contributed by atoms with Crippen LogP contribution in [0.1, 0.15) is 0 Å². The summed E-state index contributed by atoms with van der Waals surface area (Å²) < 4.78 is 27.3. The van der Waals surface area contributed by atoms with Gasteiger partial charge in [-0.25, -0.2) is 4.79 Å². The van der Waals surface area contributed by atoms with E-state index < -0.39 is 5.63 Å². The summed E-state index contributed by atoms with van der Waals surface area (Å²) in [6.07, 6.45) is 0. The second kappa shape index (κ2) is 5.95. The van der Waals surface area contributed by atoms with Gasteiger partial charge in [-0.05, 0) is 42.5 Å². The maximum atomic E-state index is 12.0.